The maximum atomic E-state index is 2.69. The molecule has 368 valence electrons. The Bertz CT molecular complexity index is 4280. The van der Waals surface area contributed by atoms with E-state index in [9.17, 15) is 0 Å². The normalized spacial score (nSPS) is 13.5. The lowest BCUT2D eigenvalue weighted by atomic mass is 9.36. The fourth-order valence-electron chi connectivity index (χ4n) is 12.7. The van der Waals surface area contributed by atoms with Gasteiger partial charge in [-0.05, 0) is 159 Å². The van der Waals surface area contributed by atoms with Crippen molar-refractivity contribution in [3.05, 3.63) is 223 Å². The fraction of sp³-hybridized carbons (Fsp3) is 0.167. The van der Waals surface area contributed by atoms with E-state index in [1.165, 1.54) is 137 Å². The zero-order chi connectivity index (χ0) is 52.0. The van der Waals surface area contributed by atoms with Crippen LogP contribution in [-0.2, 0) is 16.2 Å². The van der Waals surface area contributed by atoms with Crippen LogP contribution in [0.1, 0.15) is 79.0 Å². The summed E-state index contributed by atoms with van der Waals surface area (Å²) in [5.41, 5.74) is 21.2. The van der Waals surface area contributed by atoms with Gasteiger partial charge in [0.1, 0.15) is 0 Å². The van der Waals surface area contributed by atoms with Gasteiger partial charge < -0.3 is 9.80 Å². The first-order chi connectivity index (χ1) is 36.6. The van der Waals surface area contributed by atoms with Crippen LogP contribution in [0.5, 0.6) is 0 Å². The Hall–Kier alpha value is -7.92. The smallest absolute Gasteiger partial charge is 0.264 e. The highest BCUT2D eigenvalue weighted by atomic mass is 32.1. The minimum absolute atomic E-state index is 0.0155. The molecule has 12 aromatic rings. The van der Waals surface area contributed by atoms with Crippen LogP contribution in [0.3, 0.4) is 0 Å². The van der Waals surface area contributed by atoms with E-state index in [-0.39, 0.29) is 23.0 Å². The number of thiophene rings is 1. The predicted octanol–water partition coefficient (Wildman–Crippen LogP) is 18.8. The Morgan fingerprint density at radius 1 is 0.368 bits per heavy atom. The first-order valence-electron chi connectivity index (χ1n) is 27.1. The minimum atomic E-state index is -0.0783. The Labute approximate surface area is 452 Å². The number of rotatable bonds is 5. The predicted molar refractivity (Wildman–Crippen MR) is 332 cm³/mol. The highest BCUT2D eigenvalue weighted by molar-refractivity contribution is 7.33. The van der Waals surface area contributed by atoms with Gasteiger partial charge in [0.15, 0.2) is 0 Å². The van der Waals surface area contributed by atoms with Crippen molar-refractivity contribution in [1.82, 2.24) is 0 Å². The van der Waals surface area contributed by atoms with Crippen molar-refractivity contribution in [3.8, 4) is 33.4 Å². The highest BCUT2D eigenvalue weighted by Crippen LogP contribution is 2.53. The van der Waals surface area contributed by atoms with Crippen molar-refractivity contribution in [2.45, 2.75) is 78.6 Å². The van der Waals surface area contributed by atoms with Gasteiger partial charge in [-0.15, -0.1) is 11.3 Å². The number of anilines is 6. The molecule has 0 bridgehead atoms. The van der Waals surface area contributed by atoms with Gasteiger partial charge in [0.05, 0.1) is 11.4 Å². The molecule has 0 N–H and O–H groups in total. The molecule has 1 aromatic heterocycles. The summed E-state index contributed by atoms with van der Waals surface area (Å²) in [6.45, 7) is 21.0. The van der Waals surface area contributed by atoms with Crippen LogP contribution in [0.4, 0.5) is 34.1 Å². The topological polar surface area (TPSA) is 6.48 Å². The van der Waals surface area contributed by atoms with Crippen LogP contribution in [0, 0.1) is 0 Å². The largest absolute Gasteiger partial charge is 0.311 e. The highest BCUT2D eigenvalue weighted by Gasteiger charge is 2.46. The van der Waals surface area contributed by atoms with Gasteiger partial charge in [0.2, 0.25) is 0 Å². The van der Waals surface area contributed by atoms with Gasteiger partial charge in [-0.3, -0.25) is 0 Å². The average Bonchev–Trinajstić information content (AvgIpc) is 4.01. The Morgan fingerprint density at radius 3 is 1.67 bits per heavy atom. The molecule has 2 nitrogen and oxygen atoms in total. The molecule has 76 heavy (non-hydrogen) atoms. The van der Waals surface area contributed by atoms with E-state index in [1.54, 1.807) is 0 Å². The summed E-state index contributed by atoms with van der Waals surface area (Å²) in [7, 11) is 0. The number of fused-ring (bicyclic) bond motifs is 6. The molecule has 0 saturated heterocycles. The fourth-order valence-corrected chi connectivity index (χ4v) is 14.0. The molecule has 0 aliphatic carbocycles. The first kappa shape index (κ1) is 46.6. The third kappa shape index (κ3) is 7.21. The van der Waals surface area contributed by atoms with Crippen LogP contribution in [-0.4, -0.2) is 6.71 Å². The summed E-state index contributed by atoms with van der Waals surface area (Å²) in [4.78, 5) is 5.26. The van der Waals surface area contributed by atoms with E-state index < -0.39 is 0 Å². The van der Waals surface area contributed by atoms with E-state index in [2.05, 4.69) is 278 Å². The van der Waals surface area contributed by atoms with E-state index in [1.807, 2.05) is 11.3 Å². The molecule has 11 aromatic carbocycles. The Balaban J connectivity index is 1.07. The molecule has 4 heteroatoms. The van der Waals surface area contributed by atoms with Gasteiger partial charge in [-0.2, -0.15) is 0 Å². The summed E-state index contributed by atoms with van der Waals surface area (Å²) in [6, 6.07) is 79.1. The standard InChI is InChI=1S/C72H61BN2S/c1-70(2,3)49-30-34-52(35-31-49)74-61-23-16-24-62-67(61)73(59-38-29-48(41-63(59)74)54-22-14-13-21-53(54)44-17-11-10-12-18-44)69-68(58-43-51(72(7,8)9)33-40-64(58)76-69)75(62)60-39-32-50(71(4,5)6)42-57(60)55-36-27-47-26-25-45-19-15-20-46-28-37-56(55)66(47)65(45)46/h10-43H,1-9H3. The number of benzene rings is 11. The van der Waals surface area contributed by atoms with Crippen molar-refractivity contribution in [3.63, 3.8) is 0 Å². The minimum Gasteiger partial charge on any atom is -0.311 e. The summed E-state index contributed by atoms with van der Waals surface area (Å²) in [5.74, 6) is 0. The summed E-state index contributed by atoms with van der Waals surface area (Å²) in [6.07, 6.45) is 0. The van der Waals surface area contributed by atoms with Gasteiger partial charge in [-0.1, -0.05) is 214 Å². The van der Waals surface area contributed by atoms with Crippen LogP contribution in [0.15, 0.2) is 206 Å². The van der Waals surface area contributed by atoms with Crippen molar-refractivity contribution in [1.29, 1.82) is 0 Å². The SMILES string of the molecule is CC(C)(C)c1ccc(N2c3cc(-c4ccccc4-c4ccccc4)ccc3B3c4sc5ccc(C(C)(C)C)cc5c4N(c4ccc(C(C)(C)C)cc4-c4ccc5ccc6cccc7ccc4c5c67)c4cccc2c43)cc1. The molecular weight excluding hydrogens is 936 g/mol. The quantitative estimate of drug-likeness (QED) is 0.125. The molecule has 14 rings (SSSR count). The lowest BCUT2D eigenvalue weighted by molar-refractivity contribution is 0.590. The molecule has 0 amide bonds. The van der Waals surface area contributed by atoms with E-state index >= 15 is 0 Å². The third-order valence-electron chi connectivity index (χ3n) is 16.7. The zero-order valence-electron chi connectivity index (χ0n) is 45.0. The zero-order valence-corrected chi connectivity index (χ0v) is 45.8. The van der Waals surface area contributed by atoms with Crippen LogP contribution in [0.2, 0.25) is 0 Å². The second-order valence-electron chi connectivity index (χ2n) is 24.5. The number of nitrogens with zero attached hydrogens (tertiary/aromatic N) is 2. The average molecular weight is 997 g/mol. The van der Waals surface area contributed by atoms with Gasteiger partial charge >= 0.3 is 0 Å². The van der Waals surface area contributed by atoms with Crippen LogP contribution < -0.4 is 25.5 Å². The van der Waals surface area contributed by atoms with Crippen molar-refractivity contribution in [2.75, 3.05) is 9.80 Å². The van der Waals surface area contributed by atoms with Crippen molar-refractivity contribution >= 4 is 110 Å². The number of hydrogen-bond donors (Lipinski definition) is 0. The second kappa shape index (κ2) is 16.8. The van der Waals surface area contributed by atoms with Crippen LogP contribution in [0.25, 0.3) is 75.8 Å². The monoisotopic (exact) mass is 996 g/mol. The molecule has 3 heterocycles. The molecule has 0 fully saturated rings. The van der Waals surface area contributed by atoms with Crippen molar-refractivity contribution < 1.29 is 0 Å². The Morgan fingerprint density at radius 2 is 0.961 bits per heavy atom. The van der Waals surface area contributed by atoms with Gasteiger partial charge in [0, 0.05) is 43.2 Å². The third-order valence-corrected chi connectivity index (χ3v) is 17.9. The molecule has 2 aliphatic heterocycles. The summed E-state index contributed by atoms with van der Waals surface area (Å²) in [5, 5.41) is 9.10. The Kier molecular flexibility index (Phi) is 10.3. The van der Waals surface area contributed by atoms with E-state index in [0.717, 1.165) is 5.69 Å². The lowest BCUT2D eigenvalue weighted by Crippen LogP contribution is -2.60. The molecule has 0 atom stereocenters. The maximum Gasteiger partial charge on any atom is 0.264 e. The molecule has 0 unspecified atom stereocenters. The number of hydrogen-bond acceptors (Lipinski definition) is 3. The van der Waals surface area contributed by atoms with Gasteiger partial charge in [0.25, 0.3) is 6.71 Å². The van der Waals surface area contributed by atoms with Crippen molar-refractivity contribution in [2.24, 2.45) is 0 Å². The summed E-state index contributed by atoms with van der Waals surface area (Å²) >= 11 is 1.98. The molecule has 2 aliphatic rings. The molecular formula is C72H61BN2S. The first-order valence-corrected chi connectivity index (χ1v) is 27.9. The molecule has 0 radical (unpaired) electrons. The van der Waals surface area contributed by atoms with E-state index in [4.69, 9.17) is 0 Å². The maximum absolute atomic E-state index is 2.69. The lowest BCUT2D eigenvalue weighted by Gasteiger charge is -2.43. The van der Waals surface area contributed by atoms with Gasteiger partial charge in [-0.25, -0.2) is 0 Å². The second-order valence-corrected chi connectivity index (χ2v) is 25.6. The molecule has 0 spiro atoms. The molecule has 0 saturated carbocycles. The van der Waals surface area contributed by atoms with Crippen LogP contribution >= 0.6 is 11.3 Å². The summed E-state index contributed by atoms with van der Waals surface area (Å²) < 4.78 is 2.69. The van der Waals surface area contributed by atoms with E-state index in [0.29, 0.717) is 0 Å².